The van der Waals surface area contributed by atoms with Gasteiger partial charge in [-0.2, -0.15) is 10.2 Å². The van der Waals surface area contributed by atoms with Gasteiger partial charge < -0.3 is 15.7 Å². The van der Waals surface area contributed by atoms with Crippen LogP contribution in [0.1, 0.15) is 20.8 Å². The number of anilines is 2. The summed E-state index contributed by atoms with van der Waals surface area (Å²) in [6.45, 7) is -0.120. The summed E-state index contributed by atoms with van der Waals surface area (Å²) in [5.41, 5.74) is 1.40. The summed E-state index contributed by atoms with van der Waals surface area (Å²) in [6, 6.07) is 8.17. The minimum Gasteiger partial charge on any atom is -0.478 e. The molecule has 0 fully saturated rings. The molecule has 0 unspecified atom stereocenters. The Morgan fingerprint density at radius 1 is 1.07 bits per heavy atom. The Morgan fingerprint density at radius 3 is 2.30 bits per heavy atom. The topological polar surface area (TPSA) is 131 Å². The summed E-state index contributed by atoms with van der Waals surface area (Å²) in [5, 5.41) is 22.1. The molecule has 0 atom stereocenters. The van der Waals surface area contributed by atoms with Crippen LogP contribution < -0.4 is 10.6 Å². The molecule has 0 saturated carbocycles. The first-order chi connectivity index (χ1) is 12.9. The number of hydrogen-bond donors (Lipinski definition) is 3. The van der Waals surface area contributed by atoms with Crippen LogP contribution in [-0.4, -0.2) is 42.5 Å². The van der Waals surface area contributed by atoms with Crippen molar-refractivity contribution in [2.45, 2.75) is 6.54 Å². The van der Waals surface area contributed by atoms with Crippen LogP contribution in [0.25, 0.3) is 0 Å². The van der Waals surface area contributed by atoms with Gasteiger partial charge in [0.1, 0.15) is 6.54 Å². The first-order valence-electron chi connectivity index (χ1n) is 7.87. The molecule has 138 valence electrons. The van der Waals surface area contributed by atoms with Crippen LogP contribution in [0.3, 0.4) is 0 Å². The van der Waals surface area contributed by atoms with Crippen molar-refractivity contribution in [1.29, 1.82) is 0 Å². The number of aromatic carboxylic acids is 1. The van der Waals surface area contributed by atoms with Crippen molar-refractivity contribution in [2.24, 2.45) is 7.05 Å². The number of rotatable bonds is 6. The highest BCUT2D eigenvalue weighted by Gasteiger charge is 2.11. The Bertz CT molecular complexity index is 989. The molecule has 0 aliphatic carbocycles. The van der Waals surface area contributed by atoms with Crippen LogP contribution in [0, 0.1) is 0 Å². The van der Waals surface area contributed by atoms with E-state index >= 15 is 0 Å². The lowest BCUT2D eigenvalue weighted by molar-refractivity contribution is -0.116. The highest BCUT2D eigenvalue weighted by atomic mass is 16.4. The zero-order valence-electron chi connectivity index (χ0n) is 14.3. The lowest BCUT2D eigenvalue weighted by Crippen LogP contribution is -2.19. The van der Waals surface area contributed by atoms with Gasteiger partial charge in [0.25, 0.3) is 5.91 Å². The summed E-state index contributed by atoms with van der Waals surface area (Å²) < 4.78 is 2.77. The Morgan fingerprint density at radius 2 is 1.74 bits per heavy atom. The number of nitrogens with one attached hydrogen (secondary N) is 2. The largest absolute Gasteiger partial charge is 0.478 e. The molecular weight excluding hydrogens is 352 g/mol. The monoisotopic (exact) mass is 368 g/mol. The van der Waals surface area contributed by atoms with Crippen molar-refractivity contribution < 1.29 is 19.5 Å². The van der Waals surface area contributed by atoms with Crippen LogP contribution in [-0.2, 0) is 18.4 Å². The maximum atomic E-state index is 12.0. The van der Waals surface area contributed by atoms with Crippen molar-refractivity contribution >= 4 is 29.2 Å². The highest BCUT2D eigenvalue weighted by molar-refractivity contribution is 6.03. The van der Waals surface area contributed by atoms with Crippen LogP contribution in [0.5, 0.6) is 0 Å². The first-order valence-corrected chi connectivity index (χ1v) is 7.87. The number of carbonyl (C=O) groups excluding carboxylic acids is 2. The SMILES string of the molecule is Cn1ccc(C(=O)Nc2ccc(NC(=O)Cn3cc(C(=O)O)cn3)cc2)n1. The second kappa shape index (κ2) is 7.52. The third-order valence-electron chi connectivity index (χ3n) is 3.56. The molecule has 10 nitrogen and oxygen atoms in total. The van der Waals surface area contributed by atoms with E-state index in [2.05, 4.69) is 20.8 Å². The second-order valence-corrected chi connectivity index (χ2v) is 5.69. The van der Waals surface area contributed by atoms with Crippen LogP contribution >= 0.6 is 0 Å². The van der Waals surface area contributed by atoms with E-state index in [0.717, 1.165) is 0 Å². The quantitative estimate of drug-likeness (QED) is 0.599. The molecule has 2 heterocycles. The molecule has 0 aliphatic rings. The molecule has 0 saturated heterocycles. The van der Waals surface area contributed by atoms with Gasteiger partial charge in [0.2, 0.25) is 5.91 Å². The summed E-state index contributed by atoms with van der Waals surface area (Å²) in [5.74, 6) is -1.80. The number of nitrogens with zero attached hydrogens (tertiary/aromatic N) is 4. The van der Waals surface area contributed by atoms with Gasteiger partial charge in [-0.1, -0.05) is 0 Å². The van der Waals surface area contributed by atoms with E-state index in [1.165, 1.54) is 21.8 Å². The molecule has 0 spiro atoms. The third kappa shape index (κ3) is 4.57. The number of carboxylic acid groups (broad SMARTS) is 1. The molecule has 3 rings (SSSR count). The molecule has 0 bridgehead atoms. The van der Waals surface area contributed by atoms with Crippen LogP contribution in [0.15, 0.2) is 48.9 Å². The van der Waals surface area contributed by atoms with E-state index in [-0.39, 0.29) is 23.9 Å². The molecule has 10 heteroatoms. The van der Waals surface area contributed by atoms with Gasteiger partial charge in [-0.15, -0.1) is 0 Å². The van der Waals surface area contributed by atoms with Crippen molar-refractivity contribution in [3.05, 3.63) is 60.2 Å². The molecular formula is C17H16N6O4. The number of hydrogen-bond acceptors (Lipinski definition) is 5. The Kier molecular flexibility index (Phi) is 4.97. The molecule has 2 aromatic heterocycles. The molecule has 2 amide bonds. The van der Waals surface area contributed by atoms with Gasteiger partial charge in [0.15, 0.2) is 5.69 Å². The van der Waals surface area contributed by atoms with Crippen molar-refractivity contribution in [3.8, 4) is 0 Å². The van der Waals surface area contributed by atoms with E-state index in [4.69, 9.17) is 5.11 Å². The van der Waals surface area contributed by atoms with Crippen molar-refractivity contribution in [2.75, 3.05) is 10.6 Å². The average molecular weight is 368 g/mol. The minimum atomic E-state index is -1.11. The lowest BCUT2D eigenvalue weighted by Gasteiger charge is -2.07. The van der Waals surface area contributed by atoms with Gasteiger partial charge in [-0.05, 0) is 30.3 Å². The molecule has 1 aromatic carbocycles. The molecule has 0 aliphatic heterocycles. The van der Waals surface area contributed by atoms with E-state index < -0.39 is 5.97 Å². The number of aryl methyl sites for hydroxylation is 1. The smallest absolute Gasteiger partial charge is 0.338 e. The predicted octanol–water partition coefficient (Wildman–Crippen LogP) is 1.21. The zero-order chi connectivity index (χ0) is 19.4. The van der Waals surface area contributed by atoms with E-state index in [0.29, 0.717) is 17.1 Å². The maximum absolute atomic E-state index is 12.0. The minimum absolute atomic E-state index is 0.0100. The second-order valence-electron chi connectivity index (χ2n) is 5.69. The fourth-order valence-electron chi connectivity index (χ4n) is 2.28. The summed E-state index contributed by atoms with van der Waals surface area (Å²) >= 11 is 0. The zero-order valence-corrected chi connectivity index (χ0v) is 14.3. The Balaban J connectivity index is 1.55. The number of carbonyl (C=O) groups is 3. The van der Waals surface area contributed by atoms with Crippen LogP contribution in [0.2, 0.25) is 0 Å². The van der Waals surface area contributed by atoms with Gasteiger partial charge in [0.05, 0.1) is 11.8 Å². The average Bonchev–Trinajstić information content (AvgIpc) is 3.26. The van der Waals surface area contributed by atoms with Gasteiger partial charge in [-0.25, -0.2) is 4.79 Å². The Hall–Kier alpha value is -3.95. The van der Waals surface area contributed by atoms with Crippen molar-refractivity contribution in [3.63, 3.8) is 0 Å². The first kappa shape index (κ1) is 17.9. The normalized spacial score (nSPS) is 10.4. The predicted molar refractivity (Wildman–Crippen MR) is 95.4 cm³/mol. The molecule has 3 N–H and O–H groups in total. The summed E-state index contributed by atoms with van der Waals surface area (Å²) in [7, 11) is 1.72. The number of carboxylic acids is 1. The lowest BCUT2D eigenvalue weighted by atomic mass is 10.2. The van der Waals surface area contributed by atoms with E-state index in [9.17, 15) is 14.4 Å². The van der Waals surface area contributed by atoms with Gasteiger partial charge in [0, 0.05) is 30.8 Å². The summed E-state index contributed by atoms with van der Waals surface area (Å²) in [6.07, 6.45) is 4.12. The van der Waals surface area contributed by atoms with Gasteiger partial charge in [-0.3, -0.25) is 19.0 Å². The van der Waals surface area contributed by atoms with Gasteiger partial charge >= 0.3 is 5.97 Å². The molecule has 3 aromatic rings. The number of aromatic nitrogens is 4. The molecule has 27 heavy (non-hydrogen) atoms. The standard InChI is InChI=1S/C17H16N6O4/c1-22-7-6-14(21-22)16(25)20-13-4-2-12(3-5-13)19-15(24)10-23-9-11(8-18-23)17(26)27/h2-9H,10H2,1H3,(H,19,24)(H,20,25)(H,26,27). The van der Waals surface area contributed by atoms with Crippen LogP contribution in [0.4, 0.5) is 11.4 Å². The number of benzene rings is 1. The summed E-state index contributed by atoms with van der Waals surface area (Å²) in [4.78, 5) is 34.8. The Labute approximate surface area is 153 Å². The van der Waals surface area contributed by atoms with E-state index in [1.54, 1.807) is 43.6 Å². The highest BCUT2D eigenvalue weighted by Crippen LogP contribution is 2.14. The molecule has 0 radical (unpaired) electrons. The maximum Gasteiger partial charge on any atom is 0.338 e. The van der Waals surface area contributed by atoms with Crippen molar-refractivity contribution in [1.82, 2.24) is 19.6 Å². The number of amides is 2. The fraction of sp³-hybridized carbons (Fsp3) is 0.118. The van der Waals surface area contributed by atoms with E-state index in [1.807, 2.05) is 0 Å². The third-order valence-corrected chi connectivity index (χ3v) is 3.56. The fourth-order valence-corrected chi connectivity index (χ4v) is 2.28.